The van der Waals surface area contributed by atoms with Crippen molar-refractivity contribution in [3.8, 4) is 0 Å². The van der Waals surface area contributed by atoms with Crippen LogP contribution >= 0.6 is 22.9 Å². The van der Waals surface area contributed by atoms with Gasteiger partial charge in [-0.1, -0.05) is 89.7 Å². The highest BCUT2D eigenvalue weighted by Gasteiger charge is 2.32. The Bertz CT molecular complexity index is 2280. The van der Waals surface area contributed by atoms with E-state index in [2.05, 4.69) is 41.1 Å². The molecule has 2 aliphatic rings. The standard InChI is InChI=1S/C36H25ClFN3OS/c37-26-15-12-22(13-16-26)20-40-21-25(28-9-3-4-11-31(28)40)19-32-35(42)41-34(24-7-5-8-27(38)18-24)30-17-14-23-6-1-2-10-29(23)33(30)39-36(41)43-32/h1-13,15-16,18-19,21,34H,14,17,20H2/b32-19-/t34-/m0/s1. The quantitative estimate of drug-likeness (QED) is 0.212. The molecule has 1 aliphatic carbocycles. The molecule has 0 saturated heterocycles. The molecule has 0 saturated carbocycles. The van der Waals surface area contributed by atoms with Crippen LogP contribution in [0.2, 0.25) is 5.02 Å². The minimum absolute atomic E-state index is 0.113. The maximum Gasteiger partial charge on any atom is 0.271 e. The van der Waals surface area contributed by atoms with Crippen molar-refractivity contribution in [2.24, 2.45) is 4.99 Å². The fourth-order valence-corrected chi connectivity index (χ4v) is 7.57. The average Bonchev–Trinajstić information content (AvgIpc) is 3.53. The van der Waals surface area contributed by atoms with Gasteiger partial charge in [0.2, 0.25) is 0 Å². The van der Waals surface area contributed by atoms with Gasteiger partial charge in [0.05, 0.1) is 16.3 Å². The van der Waals surface area contributed by atoms with Crippen LogP contribution in [0.5, 0.6) is 0 Å². The highest BCUT2D eigenvalue weighted by Crippen LogP contribution is 2.41. The Labute approximate surface area is 256 Å². The molecule has 0 spiro atoms. The molecule has 0 N–H and O–H groups in total. The number of halogens is 2. The maximum absolute atomic E-state index is 14.5. The first-order valence-electron chi connectivity index (χ1n) is 14.2. The Morgan fingerprint density at radius 2 is 1.77 bits per heavy atom. The number of allylic oxidation sites excluding steroid dienone is 1. The van der Waals surface area contributed by atoms with Gasteiger partial charge in [0.15, 0.2) is 4.80 Å². The molecule has 7 heteroatoms. The molecule has 0 unspecified atom stereocenters. The van der Waals surface area contributed by atoms with E-state index in [1.807, 2.05) is 54.6 Å². The number of fused-ring (bicyclic) bond motifs is 4. The molecule has 0 bridgehead atoms. The first-order chi connectivity index (χ1) is 21.0. The van der Waals surface area contributed by atoms with Gasteiger partial charge < -0.3 is 4.57 Å². The number of aryl methyl sites for hydroxylation is 1. The van der Waals surface area contributed by atoms with Crippen LogP contribution in [0.1, 0.15) is 40.3 Å². The third-order valence-corrected chi connectivity index (χ3v) is 9.64. The van der Waals surface area contributed by atoms with Gasteiger partial charge in [-0.25, -0.2) is 9.38 Å². The number of hydrogen-bond acceptors (Lipinski definition) is 3. The van der Waals surface area contributed by atoms with Gasteiger partial charge in [0, 0.05) is 39.8 Å². The lowest BCUT2D eigenvalue weighted by atomic mass is 9.83. The summed E-state index contributed by atoms with van der Waals surface area (Å²) in [4.78, 5) is 19.9. The van der Waals surface area contributed by atoms with Crippen molar-refractivity contribution in [2.45, 2.75) is 25.4 Å². The molecule has 43 heavy (non-hydrogen) atoms. The second-order valence-electron chi connectivity index (χ2n) is 11.0. The summed E-state index contributed by atoms with van der Waals surface area (Å²) < 4.78 is 19.1. The zero-order valence-electron chi connectivity index (χ0n) is 23.0. The molecule has 0 fully saturated rings. The first-order valence-corrected chi connectivity index (χ1v) is 15.4. The fourth-order valence-electron chi connectivity index (χ4n) is 6.45. The summed E-state index contributed by atoms with van der Waals surface area (Å²) >= 11 is 7.50. The van der Waals surface area contributed by atoms with Crippen LogP contribution in [0.15, 0.2) is 119 Å². The molecule has 0 amide bonds. The Hall–Kier alpha value is -4.52. The Kier molecular flexibility index (Phi) is 6.28. The average molecular weight is 602 g/mol. The SMILES string of the molecule is O=c1/c(=C/c2cn(Cc3ccc(Cl)cc3)c3ccccc23)sc2n1[C@@H](c1cccc(F)c1)C1=C(N=2)c2ccccc2CC1. The number of thiazole rings is 1. The van der Waals surface area contributed by atoms with Gasteiger partial charge in [0.25, 0.3) is 5.56 Å². The number of rotatable bonds is 4. The third-order valence-electron chi connectivity index (χ3n) is 8.41. The second-order valence-corrected chi connectivity index (χ2v) is 12.5. The second kappa shape index (κ2) is 10.3. The predicted molar refractivity (Wildman–Crippen MR) is 172 cm³/mol. The van der Waals surface area contributed by atoms with E-state index >= 15 is 0 Å². The molecule has 4 aromatic carbocycles. The van der Waals surface area contributed by atoms with Crippen LogP contribution in [-0.4, -0.2) is 9.13 Å². The summed E-state index contributed by atoms with van der Waals surface area (Å²) in [6.07, 6.45) is 5.69. The van der Waals surface area contributed by atoms with Crippen LogP contribution in [-0.2, 0) is 13.0 Å². The summed E-state index contributed by atoms with van der Waals surface area (Å²) in [5.74, 6) is -0.316. The van der Waals surface area contributed by atoms with Gasteiger partial charge in [0.1, 0.15) is 5.82 Å². The molecule has 8 rings (SSSR count). The molecule has 2 aromatic heterocycles. The molecule has 1 aliphatic heterocycles. The smallest absolute Gasteiger partial charge is 0.271 e. The van der Waals surface area contributed by atoms with Crippen LogP contribution in [0.3, 0.4) is 0 Å². The maximum atomic E-state index is 14.5. The minimum atomic E-state index is -0.413. The third kappa shape index (κ3) is 4.49. The lowest BCUT2D eigenvalue weighted by molar-refractivity contribution is 0.574. The normalized spacial score (nSPS) is 16.1. The highest BCUT2D eigenvalue weighted by atomic mass is 35.5. The van der Waals surface area contributed by atoms with E-state index in [0.717, 1.165) is 57.3 Å². The van der Waals surface area contributed by atoms with Crippen molar-refractivity contribution >= 4 is 45.6 Å². The van der Waals surface area contributed by atoms with Gasteiger partial charge in [-0.2, -0.15) is 0 Å². The summed E-state index contributed by atoms with van der Waals surface area (Å²) in [6.45, 7) is 0.679. The number of para-hydroxylation sites is 1. The van der Waals surface area contributed by atoms with E-state index < -0.39 is 6.04 Å². The topological polar surface area (TPSA) is 39.3 Å². The number of aromatic nitrogens is 2. The molecule has 0 radical (unpaired) electrons. The van der Waals surface area contributed by atoms with Gasteiger partial charge >= 0.3 is 0 Å². The van der Waals surface area contributed by atoms with E-state index in [-0.39, 0.29) is 11.4 Å². The summed E-state index contributed by atoms with van der Waals surface area (Å²) in [5, 5.41) is 1.77. The van der Waals surface area contributed by atoms with E-state index in [0.29, 0.717) is 20.9 Å². The minimum Gasteiger partial charge on any atom is -0.342 e. The Morgan fingerprint density at radius 3 is 2.63 bits per heavy atom. The highest BCUT2D eigenvalue weighted by molar-refractivity contribution is 7.07. The first kappa shape index (κ1) is 26.1. The van der Waals surface area contributed by atoms with Crippen molar-refractivity contribution in [3.05, 3.63) is 167 Å². The van der Waals surface area contributed by atoms with Crippen molar-refractivity contribution in [3.63, 3.8) is 0 Å². The zero-order valence-corrected chi connectivity index (χ0v) is 24.6. The van der Waals surface area contributed by atoms with E-state index in [1.54, 1.807) is 16.7 Å². The molecule has 1 atom stereocenters. The lowest BCUT2D eigenvalue weighted by Crippen LogP contribution is -2.38. The van der Waals surface area contributed by atoms with Crippen LogP contribution in [0.25, 0.3) is 22.7 Å². The van der Waals surface area contributed by atoms with Crippen LogP contribution in [0, 0.1) is 5.82 Å². The van der Waals surface area contributed by atoms with Gasteiger partial charge in [-0.3, -0.25) is 9.36 Å². The lowest BCUT2D eigenvalue weighted by Gasteiger charge is -2.30. The fraction of sp³-hybridized carbons (Fsp3) is 0.111. The molecular formula is C36H25ClFN3OS. The number of nitrogens with zero attached hydrogens (tertiary/aromatic N) is 3. The Morgan fingerprint density at radius 1 is 0.953 bits per heavy atom. The Balaban J connectivity index is 1.32. The van der Waals surface area contributed by atoms with E-state index in [4.69, 9.17) is 16.6 Å². The molecule has 4 nitrogen and oxygen atoms in total. The van der Waals surface area contributed by atoms with Crippen molar-refractivity contribution in [1.29, 1.82) is 0 Å². The van der Waals surface area contributed by atoms with Crippen LogP contribution < -0.4 is 14.9 Å². The number of benzene rings is 4. The van der Waals surface area contributed by atoms with Gasteiger partial charge in [-0.05, 0) is 71.5 Å². The monoisotopic (exact) mass is 601 g/mol. The molecule has 3 heterocycles. The summed E-state index contributed by atoms with van der Waals surface area (Å²) in [5.41, 5.74) is 8.13. The van der Waals surface area contributed by atoms with E-state index in [9.17, 15) is 9.18 Å². The summed E-state index contributed by atoms with van der Waals surface area (Å²) in [7, 11) is 0. The predicted octanol–water partition coefficient (Wildman–Crippen LogP) is 7.11. The molecular weight excluding hydrogens is 577 g/mol. The van der Waals surface area contributed by atoms with Gasteiger partial charge in [-0.15, -0.1) is 0 Å². The molecule has 210 valence electrons. The zero-order chi connectivity index (χ0) is 29.1. The molecule has 6 aromatic rings. The summed E-state index contributed by atoms with van der Waals surface area (Å²) in [6, 6.07) is 30.6. The van der Waals surface area contributed by atoms with Crippen molar-refractivity contribution in [2.75, 3.05) is 0 Å². The van der Waals surface area contributed by atoms with Crippen molar-refractivity contribution in [1.82, 2.24) is 9.13 Å². The van der Waals surface area contributed by atoms with E-state index in [1.165, 1.54) is 23.0 Å². The number of hydrogen-bond donors (Lipinski definition) is 0. The van der Waals surface area contributed by atoms with Crippen molar-refractivity contribution < 1.29 is 4.39 Å². The van der Waals surface area contributed by atoms with Crippen LogP contribution in [0.4, 0.5) is 4.39 Å². The largest absolute Gasteiger partial charge is 0.342 e.